The molecule has 19 heavy (non-hydrogen) atoms. The van der Waals surface area contributed by atoms with Crippen LogP contribution in [0.4, 0.5) is 0 Å². The molecule has 0 aliphatic heterocycles. The molecule has 5 nitrogen and oxygen atoms in total. The Morgan fingerprint density at radius 3 is 2.68 bits per heavy atom. The molecule has 0 atom stereocenters. The molecule has 2 rings (SSSR count). The van der Waals surface area contributed by atoms with E-state index in [-0.39, 0.29) is 0 Å². The van der Waals surface area contributed by atoms with Crippen LogP contribution < -0.4 is 5.32 Å². The van der Waals surface area contributed by atoms with Gasteiger partial charge in [0.25, 0.3) is 0 Å². The molecule has 0 saturated heterocycles. The van der Waals surface area contributed by atoms with Gasteiger partial charge >= 0.3 is 0 Å². The van der Waals surface area contributed by atoms with Gasteiger partial charge in [0, 0.05) is 24.9 Å². The van der Waals surface area contributed by atoms with E-state index in [0.717, 1.165) is 36.1 Å². The van der Waals surface area contributed by atoms with Crippen LogP contribution in [-0.2, 0) is 6.54 Å². The number of hydrogen-bond donors (Lipinski definition) is 1. The minimum absolute atomic E-state index is 0.332. The molecule has 102 valence electrons. The lowest BCUT2D eigenvalue weighted by Crippen LogP contribution is -2.17. The van der Waals surface area contributed by atoms with Crippen LogP contribution in [0.5, 0.6) is 0 Å². The Bertz CT molecular complexity index is 545. The van der Waals surface area contributed by atoms with Crippen LogP contribution in [0.3, 0.4) is 0 Å². The van der Waals surface area contributed by atoms with Gasteiger partial charge in [0.15, 0.2) is 0 Å². The van der Waals surface area contributed by atoms with Gasteiger partial charge in [-0.2, -0.15) is 0 Å². The lowest BCUT2D eigenvalue weighted by Gasteiger charge is -2.13. The second-order valence-electron chi connectivity index (χ2n) is 4.84. The summed E-state index contributed by atoms with van der Waals surface area (Å²) >= 11 is 0. The number of aryl methyl sites for hydroxylation is 1. The number of rotatable bonds is 5. The van der Waals surface area contributed by atoms with Gasteiger partial charge in [-0.15, -0.1) is 0 Å². The molecular weight excluding hydrogens is 238 g/mol. The molecule has 0 aliphatic rings. The first-order valence-corrected chi connectivity index (χ1v) is 6.70. The van der Waals surface area contributed by atoms with Crippen LogP contribution in [0.2, 0.25) is 0 Å². The quantitative estimate of drug-likeness (QED) is 0.894. The van der Waals surface area contributed by atoms with Gasteiger partial charge in [-0.05, 0) is 13.5 Å². The predicted octanol–water partition coefficient (Wildman–Crippen LogP) is 2.20. The average molecular weight is 259 g/mol. The highest BCUT2D eigenvalue weighted by molar-refractivity contribution is 5.36. The lowest BCUT2D eigenvalue weighted by molar-refractivity contribution is 0.679. The molecular formula is C14H21N5. The van der Waals surface area contributed by atoms with Gasteiger partial charge in [-0.25, -0.2) is 15.0 Å². The SMILES string of the molecule is CCNCc1nc(C(C)C)ncc1-n1ccnc1C. The lowest BCUT2D eigenvalue weighted by atomic mass is 10.2. The van der Waals surface area contributed by atoms with Crippen molar-refractivity contribution in [3.05, 3.63) is 35.9 Å². The molecule has 0 fully saturated rings. The van der Waals surface area contributed by atoms with E-state index in [1.807, 2.05) is 23.9 Å². The largest absolute Gasteiger partial charge is 0.311 e. The van der Waals surface area contributed by atoms with E-state index in [2.05, 4.69) is 41.0 Å². The van der Waals surface area contributed by atoms with E-state index in [9.17, 15) is 0 Å². The van der Waals surface area contributed by atoms with E-state index >= 15 is 0 Å². The third-order valence-corrected chi connectivity index (χ3v) is 3.01. The molecule has 0 radical (unpaired) electrons. The van der Waals surface area contributed by atoms with Crippen molar-refractivity contribution in [2.24, 2.45) is 0 Å². The Kier molecular flexibility index (Phi) is 4.27. The summed E-state index contributed by atoms with van der Waals surface area (Å²) in [4.78, 5) is 13.4. The zero-order chi connectivity index (χ0) is 13.8. The maximum Gasteiger partial charge on any atom is 0.131 e. The summed E-state index contributed by atoms with van der Waals surface area (Å²) in [5, 5.41) is 3.33. The maximum absolute atomic E-state index is 4.68. The Morgan fingerprint density at radius 1 is 1.32 bits per heavy atom. The molecule has 2 aromatic heterocycles. The highest BCUT2D eigenvalue weighted by atomic mass is 15.1. The number of hydrogen-bond acceptors (Lipinski definition) is 4. The molecule has 0 aliphatic carbocycles. The van der Waals surface area contributed by atoms with Crippen LogP contribution in [0.25, 0.3) is 5.69 Å². The smallest absolute Gasteiger partial charge is 0.131 e. The molecule has 0 unspecified atom stereocenters. The summed E-state index contributed by atoms with van der Waals surface area (Å²) in [5.74, 6) is 2.16. The third-order valence-electron chi connectivity index (χ3n) is 3.01. The summed E-state index contributed by atoms with van der Waals surface area (Å²) in [7, 11) is 0. The molecule has 2 heterocycles. The molecule has 0 saturated carbocycles. The molecule has 5 heteroatoms. The van der Waals surface area contributed by atoms with Crippen LogP contribution in [0.1, 0.15) is 44.0 Å². The summed E-state index contributed by atoms with van der Waals surface area (Å²) in [6.07, 6.45) is 5.63. The summed E-state index contributed by atoms with van der Waals surface area (Å²) in [6.45, 7) is 9.94. The normalized spacial score (nSPS) is 11.2. The zero-order valence-corrected chi connectivity index (χ0v) is 12.0. The van der Waals surface area contributed by atoms with Crippen molar-refractivity contribution in [2.45, 2.75) is 40.2 Å². The van der Waals surface area contributed by atoms with E-state index in [0.29, 0.717) is 5.92 Å². The third kappa shape index (κ3) is 2.98. The topological polar surface area (TPSA) is 55.6 Å². The minimum Gasteiger partial charge on any atom is -0.311 e. The average Bonchev–Trinajstić information content (AvgIpc) is 2.82. The van der Waals surface area contributed by atoms with Gasteiger partial charge < -0.3 is 9.88 Å². The maximum atomic E-state index is 4.68. The van der Waals surface area contributed by atoms with Crippen molar-refractivity contribution in [3.8, 4) is 5.69 Å². The first kappa shape index (κ1) is 13.7. The summed E-state index contributed by atoms with van der Waals surface area (Å²) in [5.41, 5.74) is 2.02. The van der Waals surface area contributed by atoms with Crippen molar-refractivity contribution >= 4 is 0 Å². The van der Waals surface area contributed by atoms with Crippen molar-refractivity contribution in [1.82, 2.24) is 24.8 Å². The molecule has 0 spiro atoms. The summed E-state index contributed by atoms with van der Waals surface area (Å²) < 4.78 is 2.02. The Balaban J connectivity index is 2.44. The Morgan fingerprint density at radius 2 is 2.11 bits per heavy atom. The van der Waals surface area contributed by atoms with Crippen molar-refractivity contribution in [1.29, 1.82) is 0 Å². The van der Waals surface area contributed by atoms with Crippen molar-refractivity contribution in [3.63, 3.8) is 0 Å². The fourth-order valence-electron chi connectivity index (χ4n) is 1.91. The van der Waals surface area contributed by atoms with E-state index in [1.54, 1.807) is 6.20 Å². The fourth-order valence-corrected chi connectivity index (χ4v) is 1.91. The highest BCUT2D eigenvalue weighted by Gasteiger charge is 2.12. The molecule has 2 aromatic rings. The molecule has 0 bridgehead atoms. The van der Waals surface area contributed by atoms with Crippen LogP contribution >= 0.6 is 0 Å². The van der Waals surface area contributed by atoms with Gasteiger partial charge in [-0.1, -0.05) is 20.8 Å². The van der Waals surface area contributed by atoms with Gasteiger partial charge in [0.05, 0.1) is 17.6 Å². The summed E-state index contributed by atoms with van der Waals surface area (Å²) in [6, 6.07) is 0. The molecule has 1 N–H and O–H groups in total. The van der Waals surface area contributed by atoms with Gasteiger partial charge in [-0.3, -0.25) is 0 Å². The van der Waals surface area contributed by atoms with E-state index in [4.69, 9.17) is 0 Å². The Labute approximate surface area is 114 Å². The second kappa shape index (κ2) is 5.93. The first-order chi connectivity index (χ1) is 9.13. The van der Waals surface area contributed by atoms with Gasteiger partial charge in [0.2, 0.25) is 0 Å². The standard InChI is InChI=1S/C14H21N5/c1-5-15-8-12-13(19-7-6-16-11(19)4)9-17-14(18-12)10(2)3/h6-7,9-10,15H,5,8H2,1-4H3. The molecule has 0 amide bonds. The predicted molar refractivity (Wildman–Crippen MR) is 75.4 cm³/mol. The van der Waals surface area contributed by atoms with Crippen LogP contribution in [0.15, 0.2) is 18.6 Å². The van der Waals surface area contributed by atoms with E-state index < -0.39 is 0 Å². The number of aromatic nitrogens is 4. The highest BCUT2D eigenvalue weighted by Crippen LogP contribution is 2.17. The fraction of sp³-hybridized carbons (Fsp3) is 0.500. The monoisotopic (exact) mass is 259 g/mol. The number of nitrogens with one attached hydrogen (secondary N) is 1. The number of nitrogens with zero attached hydrogens (tertiary/aromatic N) is 4. The van der Waals surface area contributed by atoms with Crippen LogP contribution in [-0.4, -0.2) is 26.1 Å². The van der Waals surface area contributed by atoms with Gasteiger partial charge in [0.1, 0.15) is 11.6 Å². The first-order valence-electron chi connectivity index (χ1n) is 6.70. The zero-order valence-electron chi connectivity index (χ0n) is 12.0. The van der Waals surface area contributed by atoms with Crippen molar-refractivity contribution < 1.29 is 0 Å². The van der Waals surface area contributed by atoms with E-state index in [1.165, 1.54) is 0 Å². The Hall–Kier alpha value is -1.75. The second-order valence-corrected chi connectivity index (χ2v) is 4.84. The van der Waals surface area contributed by atoms with Crippen LogP contribution in [0, 0.1) is 6.92 Å². The van der Waals surface area contributed by atoms with Crippen molar-refractivity contribution in [2.75, 3.05) is 6.54 Å². The number of imidazole rings is 1. The molecule has 0 aromatic carbocycles. The minimum atomic E-state index is 0.332.